The molecular formula is C15H18FNO5. The lowest BCUT2D eigenvalue weighted by atomic mass is 10.1. The molecule has 0 fully saturated rings. The number of hydrogen-bond donors (Lipinski definition) is 1. The third-order valence-electron chi connectivity index (χ3n) is 3.25. The minimum atomic E-state index is -1.22. The first kappa shape index (κ1) is 16.1. The first-order chi connectivity index (χ1) is 10.2. The van der Waals surface area contributed by atoms with E-state index in [1.807, 2.05) is 0 Å². The van der Waals surface area contributed by atoms with Crippen molar-refractivity contribution < 1.29 is 28.6 Å². The van der Waals surface area contributed by atoms with Gasteiger partial charge < -0.3 is 14.6 Å². The average Bonchev–Trinajstić information content (AvgIpc) is 2.77. The lowest BCUT2D eigenvalue weighted by Crippen LogP contribution is -2.45. The quantitative estimate of drug-likeness (QED) is 0.908. The van der Waals surface area contributed by atoms with Crippen molar-refractivity contribution in [3.63, 3.8) is 0 Å². The number of benzene rings is 1. The van der Waals surface area contributed by atoms with Gasteiger partial charge in [0.05, 0.1) is 12.8 Å². The third kappa shape index (κ3) is 2.84. The summed E-state index contributed by atoms with van der Waals surface area (Å²) >= 11 is 0. The van der Waals surface area contributed by atoms with Gasteiger partial charge in [0, 0.05) is 12.0 Å². The van der Waals surface area contributed by atoms with Crippen molar-refractivity contribution in [1.29, 1.82) is 0 Å². The molecule has 0 spiro atoms. The van der Waals surface area contributed by atoms with Gasteiger partial charge in [-0.1, -0.05) is 0 Å². The molecule has 1 aromatic carbocycles. The zero-order valence-electron chi connectivity index (χ0n) is 12.8. The van der Waals surface area contributed by atoms with E-state index in [1.54, 1.807) is 20.8 Å². The summed E-state index contributed by atoms with van der Waals surface area (Å²) in [7, 11) is 1.32. The predicted molar refractivity (Wildman–Crippen MR) is 76.8 cm³/mol. The predicted octanol–water partition coefficient (Wildman–Crippen LogP) is 2.59. The summed E-state index contributed by atoms with van der Waals surface area (Å²) in [6.07, 6.45) is -0.948. The number of aliphatic carboxylic acids is 1. The van der Waals surface area contributed by atoms with Crippen LogP contribution >= 0.6 is 0 Å². The van der Waals surface area contributed by atoms with Crippen LogP contribution in [0, 0.1) is 5.82 Å². The number of nitrogens with zero attached hydrogens (tertiary/aromatic N) is 1. The topological polar surface area (TPSA) is 76.1 Å². The lowest BCUT2D eigenvalue weighted by molar-refractivity contribution is -0.138. The molecule has 2 rings (SSSR count). The summed E-state index contributed by atoms with van der Waals surface area (Å²) in [5.41, 5.74) is -0.453. The second-order valence-electron chi connectivity index (χ2n) is 5.99. The van der Waals surface area contributed by atoms with Crippen LogP contribution in [0.4, 0.5) is 14.9 Å². The number of methoxy groups -OCH3 is 1. The van der Waals surface area contributed by atoms with Gasteiger partial charge >= 0.3 is 12.1 Å². The van der Waals surface area contributed by atoms with Crippen molar-refractivity contribution in [1.82, 2.24) is 0 Å². The van der Waals surface area contributed by atoms with Gasteiger partial charge in [-0.05, 0) is 32.9 Å². The van der Waals surface area contributed by atoms with Gasteiger partial charge in [-0.2, -0.15) is 0 Å². The number of amides is 1. The van der Waals surface area contributed by atoms with Gasteiger partial charge in [-0.3, -0.25) is 4.90 Å². The fourth-order valence-electron chi connectivity index (χ4n) is 2.35. The van der Waals surface area contributed by atoms with E-state index >= 15 is 0 Å². The molecule has 1 atom stereocenters. The summed E-state index contributed by atoms with van der Waals surface area (Å²) in [5.74, 6) is -1.87. The largest absolute Gasteiger partial charge is 0.494 e. The Morgan fingerprint density at radius 1 is 1.36 bits per heavy atom. The highest BCUT2D eigenvalue weighted by Crippen LogP contribution is 2.38. The number of carbonyl (C=O) groups is 2. The molecule has 0 saturated heterocycles. The Morgan fingerprint density at radius 3 is 2.50 bits per heavy atom. The molecule has 1 aliphatic heterocycles. The van der Waals surface area contributed by atoms with Gasteiger partial charge in [0.1, 0.15) is 11.6 Å². The molecule has 1 heterocycles. The van der Waals surface area contributed by atoms with E-state index in [0.29, 0.717) is 0 Å². The summed E-state index contributed by atoms with van der Waals surface area (Å²) < 4.78 is 24.4. The summed E-state index contributed by atoms with van der Waals surface area (Å²) in [6.45, 7) is 5.02. The van der Waals surface area contributed by atoms with Crippen LogP contribution in [-0.2, 0) is 16.0 Å². The summed E-state index contributed by atoms with van der Waals surface area (Å²) in [5, 5.41) is 9.32. The Morgan fingerprint density at radius 2 is 2.00 bits per heavy atom. The summed E-state index contributed by atoms with van der Waals surface area (Å²) in [4.78, 5) is 24.7. The molecule has 7 heteroatoms. The number of halogens is 1. The van der Waals surface area contributed by atoms with Gasteiger partial charge in [-0.25, -0.2) is 14.0 Å². The van der Waals surface area contributed by atoms with Crippen LogP contribution in [0.25, 0.3) is 0 Å². The van der Waals surface area contributed by atoms with Crippen LogP contribution in [0.3, 0.4) is 0 Å². The van der Waals surface area contributed by atoms with Crippen LogP contribution in [0.5, 0.6) is 5.75 Å². The molecule has 0 aromatic heterocycles. The van der Waals surface area contributed by atoms with E-state index in [4.69, 9.17) is 9.47 Å². The molecule has 1 aromatic rings. The van der Waals surface area contributed by atoms with E-state index in [-0.39, 0.29) is 23.4 Å². The fourth-order valence-corrected chi connectivity index (χ4v) is 2.35. The van der Waals surface area contributed by atoms with Crippen molar-refractivity contribution in [3.05, 3.63) is 23.5 Å². The number of hydrogen-bond acceptors (Lipinski definition) is 4. The number of fused-ring (bicyclic) bond motifs is 1. The normalized spacial score (nSPS) is 17.1. The van der Waals surface area contributed by atoms with E-state index in [2.05, 4.69) is 0 Å². The number of carboxylic acid groups (broad SMARTS) is 1. The van der Waals surface area contributed by atoms with Gasteiger partial charge in [0.25, 0.3) is 0 Å². The maximum atomic E-state index is 14.3. The molecular weight excluding hydrogens is 293 g/mol. The molecule has 1 amide bonds. The van der Waals surface area contributed by atoms with Crippen LogP contribution < -0.4 is 9.64 Å². The van der Waals surface area contributed by atoms with Crippen LogP contribution in [0.1, 0.15) is 26.3 Å². The molecule has 0 bridgehead atoms. The Hall–Kier alpha value is -2.31. The number of ether oxygens (including phenoxy) is 2. The molecule has 1 unspecified atom stereocenters. The molecule has 1 N–H and O–H groups in total. The summed E-state index contributed by atoms with van der Waals surface area (Å²) in [6, 6.07) is 1.62. The van der Waals surface area contributed by atoms with E-state index < -0.39 is 29.5 Å². The van der Waals surface area contributed by atoms with E-state index in [1.165, 1.54) is 19.2 Å². The Balaban J connectivity index is 2.46. The molecule has 120 valence electrons. The van der Waals surface area contributed by atoms with Crippen molar-refractivity contribution in [3.8, 4) is 5.75 Å². The highest BCUT2D eigenvalue weighted by atomic mass is 19.1. The number of carbonyl (C=O) groups excluding carboxylic acids is 1. The number of carboxylic acids is 1. The second kappa shape index (κ2) is 5.47. The molecule has 0 aliphatic carbocycles. The Bertz CT molecular complexity index is 623. The van der Waals surface area contributed by atoms with Crippen molar-refractivity contribution in [2.75, 3.05) is 12.0 Å². The zero-order chi connectivity index (χ0) is 16.7. The van der Waals surface area contributed by atoms with Crippen LogP contribution in [0.15, 0.2) is 12.1 Å². The van der Waals surface area contributed by atoms with E-state index in [0.717, 1.165) is 4.90 Å². The maximum Gasteiger partial charge on any atom is 0.415 e. The highest BCUT2D eigenvalue weighted by Gasteiger charge is 2.42. The zero-order valence-corrected chi connectivity index (χ0v) is 12.8. The average molecular weight is 311 g/mol. The molecule has 0 saturated carbocycles. The number of anilines is 1. The molecule has 1 aliphatic rings. The van der Waals surface area contributed by atoms with Crippen LogP contribution in [-0.4, -0.2) is 35.9 Å². The first-order valence-electron chi connectivity index (χ1n) is 6.76. The van der Waals surface area contributed by atoms with E-state index in [9.17, 15) is 19.1 Å². The highest BCUT2D eigenvalue weighted by molar-refractivity contribution is 5.98. The smallest absolute Gasteiger partial charge is 0.415 e. The third-order valence-corrected chi connectivity index (χ3v) is 3.25. The second-order valence-corrected chi connectivity index (χ2v) is 5.99. The Labute approximate surface area is 127 Å². The minimum Gasteiger partial charge on any atom is -0.494 e. The number of rotatable bonds is 2. The van der Waals surface area contributed by atoms with Crippen molar-refractivity contribution in [2.45, 2.75) is 38.8 Å². The maximum absolute atomic E-state index is 14.3. The van der Waals surface area contributed by atoms with Gasteiger partial charge in [-0.15, -0.1) is 0 Å². The van der Waals surface area contributed by atoms with Crippen molar-refractivity contribution in [2.24, 2.45) is 0 Å². The SMILES string of the molecule is COc1ccc2c(c1F)CC(C(=O)O)N2C(=O)OC(C)(C)C. The standard InChI is InChI=1S/C15H18FNO5/c1-15(2,3)22-14(20)17-9-5-6-11(21-4)12(16)8(9)7-10(17)13(18)19/h5-6,10H,7H2,1-4H3,(H,18,19). The molecule has 6 nitrogen and oxygen atoms in total. The first-order valence-corrected chi connectivity index (χ1v) is 6.76. The lowest BCUT2D eigenvalue weighted by Gasteiger charge is -2.27. The molecule has 0 radical (unpaired) electrons. The fraction of sp³-hybridized carbons (Fsp3) is 0.467. The van der Waals surface area contributed by atoms with Gasteiger partial charge in [0.2, 0.25) is 0 Å². The molecule has 22 heavy (non-hydrogen) atoms. The van der Waals surface area contributed by atoms with Crippen molar-refractivity contribution >= 4 is 17.7 Å². The monoisotopic (exact) mass is 311 g/mol. The van der Waals surface area contributed by atoms with Crippen LogP contribution in [0.2, 0.25) is 0 Å². The minimum absolute atomic E-state index is 0.00827. The Kier molecular flexibility index (Phi) is 4.00. The van der Waals surface area contributed by atoms with Gasteiger partial charge in [0.15, 0.2) is 11.6 Å².